The van der Waals surface area contributed by atoms with Crippen LogP contribution in [0.25, 0.3) is 17.0 Å². The maximum absolute atomic E-state index is 13.9. The topological polar surface area (TPSA) is 103 Å². The lowest BCUT2D eigenvalue weighted by atomic mass is 9.94. The zero-order chi connectivity index (χ0) is 26.7. The zero-order valence-electron chi connectivity index (χ0n) is 21.5. The number of carbonyl (C=O) groups excluding carboxylic acids is 1. The first-order chi connectivity index (χ1) is 16.9. The second-order valence-electron chi connectivity index (χ2n) is 9.22. The van der Waals surface area contributed by atoms with Crippen LogP contribution in [0.1, 0.15) is 43.8 Å². The van der Waals surface area contributed by atoms with Crippen LogP contribution in [0.3, 0.4) is 0 Å². The number of rotatable bonds is 12. The highest BCUT2D eigenvalue weighted by molar-refractivity contribution is 6.07. The standard InChI is InChI=1S/C27H32O9/c1-9-25(3,4)35-27(36-26(5,6)10-2)12-11-18-22(28)21-19(33-16-31-8)13-17(32-15-30-7)14-20(21)34-23(18)24(27)29/h9-14H,1-2,15-16H2,3-8H3. The first-order valence-corrected chi connectivity index (χ1v) is 11.2. The first kappa shape index (κ1) is 27.3. The molecule has 1 aromatic heterocycles. The fourth-order valence-electron chi connectivity index (χ4n) is 3.51. The molecule has 0 atom stereocenters. The molecular formula is C27H32O9. The van der Waals surface area contributed by atoms with Crippen LogP contribution in [0.15, 0.2) is 52.7 Å². The number of hydrogen-bond acceptors (Lipinski definition) is 9. The number of hydrogen-bond donors (Lipinski definition) is 0. The van der Waals surface area contributed by atoms with Crippen LogP contribution < -0.4 is 14.9 Å². The summed E-state index contributed by atoms with van der Waals surface area (Å²) in [6.45, 7) is 14.3. The molecule has 194 valence electrons. The fraction of sp³-hybridized carbons (Fsp3) is 0.407. The van der Waals surface area contributed by atoms with Crippen molar-refractivity contribution >= 4 is 22.8 Å². The van der Waals surface area contributed by atoms with E-state index in [9.17, 15) is 9.59 Å². The molecule has 0 radical (unpaired) electrons. The Morgan fingerprint density at radius 1 is 0.944 bits per heavy atom. The second kappa shape index (κ2) is 10.4. The molecule has 9 heteroatoms. The molecule has 0 unspecified atom stereocenters. The van der Waals surface area contributed by atoms with E-state index >= 15 is 0 Å². The Morgan fingerprint density at radius 2 is 1.53 bits per heavy atom. The molecule has 9 nitrogen and oxygen atoms in total. The van der Waals surface area contributed by atoms with Gasteiger partial charge in [-0.15, -0.1) is 13.2 Å². The van der Waals surface area contributed by atoms with Crippen molar-refractivity contribution in [2.45, 2.75) is 44.7 Å². The van der Waals surface area contributed by atoms with Gasteiger partial charge in [0, 0.05) is 26.4 Å². The number of methoxy groups -OCH3 is 2. The fourth-order valence-corrected chi connectivity index (χ4v) is 3.51. The van der Waals surface area contributed by atoms with E-state index in [4.69, 9.17) is 32.8 Å². The third-order valence-corrected chi connectivity index (χ3v) is 5.45. The Balaban J connectivity index is 2.26. The molecule has 0 fully saturated rings. The highest BCUT2D eigenvalue weighted by Gasteiger charge is 2.50. The lowest BCUT2D eigenvalue weighted by Gasteiger charge is -2.41. The van der Waals surface area contributed by atoms with Crippen LogP contribution in [0.4, 0.5) is 0 Å². The Morgan fingerprint density at radius 3 is 2.08 bits per heavy atom. The normalized spacial score (nSPS) is 15.0. The summed E-state index contributed by atoms with van der Waals surface area (Å²) in [6, 6.07) is 3.00. The first-order valence-electron chi connectivity index (χ1n) is 11.2. The van der Waals surface area contributed by atoms with Gasteiger partial charge in [-0.05, 0) is 39.8 Å². The molecule has 3 rings (SSSR count). The molecule has 0 N–H and O–H groups in total. The molecule has 2 aromatic rings. The summed E-state index contributed by atoms with van der Waals surface area (Å²) in [5, 5.41) is 0.125. The molecule has 0 saturated carbocycles. The smallest absolute Gasteiger partial charge is 0.262 e. The van der Waals surface area contributed by atoms with Gasteiger partial charge in [0.25, 0.3) is 11.6 Å². The van der Waals surface area contributed by atoms with Crippen LogP contribution in [0.2, 0.25) is 0 Å². The summed E-state index contributed by atoms with van der Waals surface area (Å²) in [5.41, 5.74) is -2.29. The van der Waals surface area contributed by atoms with Gasteiger partial charge in [0.15, 0.2) is 19.3 Å². The molecule has 1 heterocycles. The van der Waals surface area contributed by atoms with Gasteiger partial charge in [-0.25, -0.2) is 0 Å². The van der Waals surface area contributed by atoms with Crippen LogP contribution in [0.5, 0.6) is 11.5 Å². The van der Waals surface area contributed by atoms with Crippen molar-refractivity contribution in [1.29, 1.82) is 0 Å². The average Bonchev–Trinajstić information content (AvgIpc) is 2.83. The van der Waals surface area contributed by atoms with Crippen molar-refractivity contribution < 1.29 is 37.6 Å². The Hall–Kier alpha value is -3.24. The SMILES string of the molecule is C=CC(C)(C)OC1(OC(C)(C)C=C)C=Cc2c(oc3cc(OCOC)cc(OCOC)c3c2=O)C1=O. The maximum atomic E-state index is 13.9. The average molecular weight is 501 g/mol. The monoisotopic (exact) mass is 500 g/mol. The van der Waals surface area contributed by atoms with E-state index in [0.29, 0.717) is 5.75 Å². The molecule has 0 bridgehead atoms. The number of ether oxygens (including phenoxy) is 6. The van der Waals surface area contributed by atoms with Crippen molar-refractivity contribution in [3.8, 4) is 11.5 Å². The summed E-state index contributed by atoms with van der Waals surface area (Å²) >= 11 is 0. The van der Waals surface area contributed by atoms with Gasteiger partial charge < -0.3 is 32.8 Å². The number of carbonyl (C=O) groups is 1. The van der Waals surface area contributed by atoms with Crippen LogP contribution in [-0.4, -0.2) is 50.6 Å². The molecule has 36 heavy (non-hydrogen) atoms. The van der Waals surface area contributed by atoms with E-state index in [1.165, 1.54) is 38.5 Å². The van der Waals surface area contributed by atoms with Crippen molar-refractivity contribution in [2.24, 2.45) is 0 Å². The Kier molecular flexibility index (Phi) is 7.90. The molecular weight excluding hydrogens is 468 g/mol. The summed E-state index contributed by atoms with van der Waals surface area (Å²) in [7, 11) is 2.92. The lowest BCUT2D eigenvalue weighted by Crippen LogP contribution is -2.53. The van der Waals surface area contributed by atoms with E-state index in [-0.39, 0.29) is 41.6 Å². The van der Waals surface area contributed by atoms with Gasteiger partial charge in [0.2, 0.25) is 5.43 Å². The molecule has 0 saturated heterocycles. The van der Waals surface area contributed by atoms with E-state index in [0.717, 1.165) is 0 Å². The van der Waals surface area contributed by atoms with Crippen LogP contribution in [0, 0.1) is 0 Å². The van der Waals surface area contributed by atoms with Gasteiger partial charge >= 0.3 is 0 Å². The second-order valence-corrected chi connectivity index (χ2v) is 9.22. The zero-order valence-corrected chi connectivity index (χ0v) is 21.5. The minimum atomic E-state index is -1.91. The number of ketones is 1. The van der Waals surface area contributed by atoms with E-state index in [1.54, 1.807) is 39.8 Å². The summed E-state index contributed by atoms with van der Waals surface area (Å²) in [6.07, 6.45) is 5.95. The van der Waals surface area contributed by atoms with Crippen molar-refractivity contribution in [1.82, 2.24) is 0 Å². The van der Waals surface area contributed by atoms with Gasteiger partial charge in [-0.3, -0.25) is 9.59 Å². The number of benzene rings is 1. The Labute approximate surface area is 209 Å². The third-order valence-electron chi connectivity index (χ3n) is 5.45. The highest BCUT2D eigenvalue weighted by atomic mass is 16.7. The van der Waals surface area contributed by atoms with Crippen LogP contribution >= 0.6 is 0 Å². The largest absolute Gasteiger partial charge is 0.467 e. The Bertz CT molecular complexity index is 1230. The van der Waals surface area contributed by atoms with E-state index in [1.807, 2.05) is 0 Å². The minimum Gasteiger partial charge on any atom is -0.467 e. The number of fused-ring (bicyclic) bond motifs is 2. The predicted molar refractivity (Wildman–Crippen MR) is 134 cm³/mol. The van der Waals surface area contributed by atoms with Crippen molar-refractivity contribution in [3.05, 3.63) is 65.1 Å². The number of Topliss-reactive ketones (excluding diaryl/α,β-unsaturated/α-hetero) is 1. The summed E-state index contributed by atoms with van der Waals surface area (Å²) in [4.78, 5) is 27.5. The van der Waals surface area contributed by atoms with Gasteiger partial charge in [-0.2, -0.15) is 0 Å². The molecule has 0 spiro atoms. The quantitative estimate of drug-likeness (QED) is 0.305. The molecule has 1 aliphatic rings. The third kappa shape index (κ3) is 5.44. The minimum absolute atomic E-state index is 0.0379. The lowest BCUT2D eigenvalue weighted by molar-refractivity contribution is -0.242. The summed E-state index contributed by atoms with van der Waals surface area (Å²) in [5.74, 6) is -2.35. The maximum Gasteiger partial charge on any atom is 0.262 e. The van der Waals surface area contributed by atoms with Crippen molar-refractivity contribution in [2.75, 3.05) is 27.8 Å². The van der Waals surface area contributed by atoms with Gasteiger partial charge in [0.1, 0.15) is 22.5 Å². The van der Waals surface area contributed by atoms with E-state index in [2.05, 4.69) is 13.2 Å². The van der Waals surface area contributed by atoms with Gasteiger partial charge in [0.05, 0.1) is 16.8 Å². The molecule has 1 aliphatic carbocycles. The van der Waals surface area contributed by atoms with Crippen molar-refractivity contribution in [3.63, 3.8) is 0 Å². The highest BCUT2D eigenvalue weighted by Crippen LogP contribution is 2.39. The van der Waals surface area contributed by atoms with Gasteiger partial charge in [-0.1, -0.05) is 12.2 Å². The van der Waals surface area contributed by atoms with E-state index < -0.39 is 28.2 Å². The van der Waals surface area contributed by atoms with Crippen LogP contribution in [-0.2, 0) is 18.9 Å². The molecule has 0 aliphatic heterocycles. The summed E-state index contributed by atoms with van der Waals surface area (Å²) < 4.78 is 39.4. The molecule has 1 aromatic carbocycles. The molecule has 0 amide bonds. The predicted octanol–water partition coefficient (Wildman–Crippen LogP) is 4.63.